The fraction of sp³-hybridized carbons (Fsp3) is 0.500. The van der Waals surface area contributed by atoms with Gasteiger partial charge in [-0.1, -0.05) is 0 Å². The lowest BCUT2D eigenvalue weighted by atomic mass is 10.1. The number of nitrogens with zero attached hydrogens (tertiary/aromatic N) is 2. The molecule has 0 saturated heterocycles. The molecule has 1 heterocycles. The lowest BCUT2D eigenvalue weighted by Crippen LogP contribution is -2.42. The number of amides is 1. The van der Waals surface area contributed by atoms with Gasteiger partial charge in [-0.3, -0.25) is 15.6 Å². The van der Waals surface area contributed by atoms with E-state index in [1.54, 1.807) is 31.0 Å². The van der Waals surface area contributed by atoms with Gasteiger partial charge in [0.15, 0.2) is 0 Å². The van der Waals surface area contributed by atoms with Crippen LogP contribution in [0.2, 0.25) is 0 Å². The zero-order chi connectivity index (χ0) is 13.8. The summed E-state index contributed by atoms with van der Waals surface area (Å²) in [7, 11) is 0. The standard InChI is InChI=1S/C12H20N4O2/c1-4-16(8-12(2,3)18)11(17)9-7-14-6-5-10(9)15-13/h5-7,18H,4,8,13H2,1-3H3,(H,14,15). The maximum atomic E-state index is 12.3. The SMILES string of the molecule is CCN(CC(C)(C)O)C(=O)c1cnccc1NN. The predicted octanol–water partition coefficient (Wildman–Crippen LogP) is 0.600. The average molecular weight is 252 g/mol. The van der Waals surface area contributed by atoms with E-state index in [1.807, 2.05) is 6.92 Å². The van der Waals surface area contributed by atoms with Gasteiger partial charge in [-0.2, -0.15) is 0 Å². The molecule has 0 aliphatic carbocycles. The molecule has 0 fully saturated rings. The Morgan fingerprint density at radius 2 is 2.28 bits per heavy atom. The van der Waals surface area contributed by atoms with Crippen LogP contribution < -0.4 is 11.3 Å². The van der Waals surface area contributed by atoms with E-state index in [4.69, 9.17) is 5.84 Å². The van der Waals surface area contributed by atoms with Gasteiger partial charge >= 0.3 is 0 Å². The van der Waals surface area contributed by atoms with Crippen molar-refractivity contribution in [2.24, 2.45) is 5.84 Å². The molecule has 0 saturated carbocycles. The van der Waals surface area contributed by atoms with Crippen molar-refractivity contribution in [2.75, 3.05) is 18.5 Å². The fourth-order valence-corrected chi connectivity index (χ4v) is 1.66. The molecule has 6 heteroatoms. The third-order valence-corrected chi connectivity index (χ3v) is 2.45. The van der Waals surface area contributed by atoms with Crippen molar-refractivity contribution < 1.29 is 9.90 Å². The number of hydrazine groups is 1. The number of nitrogens with one attached hydrogen (secondary N) is 1. The highest BCUT2D eigenvalue weighted by Crippen LogP contribution is 2.16. The summed E-state index contributed by atoms with van der Waals surface area (Å²) in [6.45, 7) is 5.93. The minimum atomic E-state index is -0.940. The van der Waals surface area contributed by atoms with Crippen LogP contribution in [0.25, 0.3) is 0 Å². The smallest absolute Gasteiger partial charge is 0.257 e. The van der Waals surface area contributed by atoms with Crippen LogP contribution in [0, 0.1) is 0 Å². The zero-order valence-corrected chi connectivity index (χ0v) is 11.0. The summed E-state index contributed by atoms with van der Waals surface area (Å²) in [6.07, 6.45) is 3.02. The van der Waals surface area contributed by atoms with E-state index in [0.29, 0.717) is 17.8 Å². The average Bonchev–Trinajstić information content (AvgIpc) is 2.34. The summed E-state index contributed by atoms with van der Waals surface area (Å²) in [6, 6.07) is 1.63. The van der Waals surface area contributed by atoms with Crippen LogP contribution in [-0.4, -0.2) is 39.6 Å². The van der Waals surface area contributed by atoms with Gasteiger partial charge in [-0.05, 0) is 26.8 Å². The highest BCUT2D eigenvalue weighted by molar-refractivity contribution is 5.99. The quantitative estimate of drug-likeness (QED) is 0.527. The Hall–Kier alpha value is -1.66. The molecule has 18 heavy (non-hydrogen) atoms. The molecule has 0 spiro atoms. The molecule has 0 aliphatic rings. The van der Waals surface area contributed by atoms with E-state index in [0.717, 1.165) is 0 Å². The number of rotatable bonds is 5. The van der Waals surface area contributed by atoms with Crippen LogP contribution in [-0.2, 0) is 0 Å². The zero-order valence-electron chi connectivity index (χ0n) is 11.0. The number of hydrogen-bond acceptors (Lipinski definition) is 5. The third-order valence-electron chi connectivity index (χ3n) is 2.45. The largest absolute Gasteiger partial charge is 0.389 e. The summed E-state index contributed by atoms with van der Waals surface area (Å²) in [5.74, 6) is 5.15. The van der Waals surface area contributed by atoms with E-state index in [9.17, 15) is 9.90 Å². The molecule has 0 aliphatic heterocycles. The van der Waals surface area contributed by atoms with Gasteiger partial charge < -0.3 is 15.4 Å². The Labute approximate surface area is 107 Å². The summed E-state index contributed by atoms with van der Waals surface area (Å²) in [4.78, 5) is 17.8. The second-order valence-electron chi connectivity index (χ2n) is 4.70. The Bertz CT molecular complexity index is 415. The molecule has 1 aromatic heterocycles. The van der Waals surface area contributed by atoms with Crippen LogP contribution in [0.3, 0.4) is 0 Å². The molecule has 1 rings (SSSR count). The van der Waals surface area contributed by atoms with Crippen molar-refractivity contribution in [2.45, 2.75) is 26.4 Å². The Morgan fingerprint density at radius 1 is 1.61 bits per heavy atom. The maximum absolute atomic E-state index is 12.3. The van der Waals surface area contributed by atoms with Gasteiger partial charge in [-0.25, -0.2) is 0 Å². The van der Waals surface area contributed by atoms with Gasteiger partial charge in [0, 0.05) is 25.5 Å². The van der Waals surface area contributed by atoms with Crippen LogP contribution in [0.4, 0.5) is 5.69 Å². The van der Waals surface area contributed by atoms with E-state index >= 15 is 0 Å². The normalized spacial score (nSPS) is 11.2. The first-order chi connectivity index (χ1) is 8.39. The van der Waals surface area contributed by atoms with Crippen molar-refractivity contribution in [3.63, 3.8) is 0 Å². The van der Waals surface area contributed by atoms with E-state index in [-0.39, 0.29) is 12.5 Å². The molecule has 0 aromatic carbocycles. The molecule has 100 valence electrons. The Morgan fingerprint density at radius 3 is 2.78 bits per heavy atom. The van der Waals surface area contributed by atoms with Crippen LogP contribution in [0.1, 0.15) is 31.1 Å². The molecule has 4 N–H and O–H groups in total. The topological polar surface area (TPSA) is 91.5 Å². The number of nitrogen functional groups attached to an aromatic ring is 1. The number of carbonyl (C=O) groups is 1. The molecular weight excluding hydrogens is 232 g/mol. The minimum Gasteiger partial charge on any atom is -0.389 e. The van der Waals surface area contributed by atoms with Crippen LogP contribution in [0.15, 0.2) is 18.5 Å². The van der Waals surface area contributed by atoms with Gasteiger partial charge in [0.1, 0.15) is 0 Å². The second-order valence-corrected chi connectivity index (χ2v) is 4.70. The lowest BCUT2D eigenvalue weighted by Gasteiger charge is -2.28. The van der Waals surface area contributed by atoms with Crippen molar-refractivity contribution in [1.29, 1.82) is 0 Å². The molecule has 6 nitrogen and oxygen atoms in total. The van der Waals surface area contributed by atoms with Crippen molar-refractivity contribution in [1.82, 2.24) is 9.88 Å². The summed E-state index contributed by atoms with van der Waals surface area (Å²) >= 11 is 0. The van der Waals surface area contributed by atoms with E-state index in [2.05, 4.69) is 10.4 Å². The van der Waals surface area contributed by atoms with Crippen LogP contribution >= 0.6 is 0 Å². The van der Waals surface area contributed by atoms with Gasteiger partial charge in [0.2, 0.25) is 0 Å². The molecule has 0 unspecified atom stereocenters. The van der Waals surface area contributed by atoms with E-state index in [1.165, 1.54) is 6.20 Å². The Balaban J connectivity index is 2.97. The number of nitrogens with two attached hydrogens (primary N) is 1. The number of anilines is 1. The number of pyridine rings is 1. The highest BCUT2D eigenvalue weighted by atomic mass is 16.3. The number of aromatic nitrogens is 1. The lowest BCUT2D eigenvalue weighted by molar-refractivity contribution is 0.0315. The van der Waals surface area contributed by atoms with Crippen molar-refractivity contribution in [3.05, 3.63) is 24.0 Å². The molecule has 1 amide bonds. The van der Waals surface area contributed by atoms with E-state index < -0.39 is 5.60 Å². The predicted molar refractivity (Wildman–Crippen MR) is 69.9 cm³/mol. The Kier molecular flexibility index (Phi) is 4.63. The van der Waals surface area contributed by atoms with Gasteiger partial charge in [0.25, 0.3) is 5.91 Å². The summed E-state index contributed by atoms with van der Waals surface area (Å²) in [5, 5.41) is 9.79. The van der Waals surface area contributed by atoms with Gasteiger partial charge in [-0.15, -0.1) is 0 Å². The first-order valence-corrected chi connectivity index (χ1v) is 5.81. The molecule has 0 atom stereocenters. The highest BCUT2D eigenvalue weighted by Gasteiger charge is 2.23. The van der Waals surface area contributed by atoms with Crippen molar-refractivity contribution in [3.8, 4) is 0 Å². The minimum absolute atomic E-state index is 0.208. The second kappa shape index (κ2) is 5.79. The number of carbonyl (C=O) groups excluding carboxylic acids is 1. The summed E-state index contributed by atoms with van der Waals surface area (Å²) < 4.78 is 0. The first-order valence-electron chi connectivity index (χ1n) is 5.81. The first kappa shape index (κ1) is 14.4. The molecule has 1 aromatic rings. The summed E-state index contributed by atoms with van der Waals surface area (Å²) in [5.41, 5.74) is 2.44. The fourth-order valence-electron chi connectivity index (χ4n) is 1.66. The third kappa shape index (κ3) is 3.68. The molecule has 0 bridgehead atoms. The molecule has 0 radical (unpaired) electrons. The monoisotopic (exact) mass is 252 g/mol. The maximum Gasteiger partial charge on any atom is 0.257 e. The number of hydrogen-bond donors (Lipinski definition) is 3. The number of likely N-dealkylation sites (N-methyl/N-ethyl adjacent to an activating group) is 1. The van der Waals surface area contributed by atoms with Crippen LogP contribution in [0.5, 0.6) is 0 Å². The molecular formula is C12H20N4O2. The number of aliphatic hydroxyl groups is 1. The van der Waals surface area contributed by atoms with Gasteiger partial charge in [0.05, 0.1) is 16.9 Å². The van der Waals surface area contributed by atoms with Crippen molar-refractivity contribution >= 4 is 11.6 Å².